The van der Waals surface area contributed by atoms with E-state index in [2.05, 4.69) is 24.9 Å². The molecule has 1 N–H and O–H groups in total. The lowest BCUT2D eigenvalue weighted by atomic mass is 10.3. The van der Waals surface area contributed by atoms with Crippen LogP contribution in [0.3, 0.4) is 0 Å². The van der Waals surface area contributed by atoms with Crippen molar-refractivity contribution in [3.63, 3.8) is 0 Å². The number of imidazole rings is 1. The third-order valence-electron chi connectivity index (χ3n) is 2.70. The first-order chi connectivity index (χ1) is 10.1. The minimum absolute atomic E-state index is 0.0488. The highest BCUT2D eigenvalue weighted by atomic mass is 16.4. The third-order valence-corrected chi connectivity index (χ3v) is 2.70. The number of hydrogen-bond acceptors (Lipinski definition) is 6. The molecule has 8 nitrogen and oxygen atoms in total. The van der Waals surface area contributed by atoms with Gasteiger partial charge in [-0.25, -0.2) is 24.7 Å². The minimum Gasteiger partial charge on any atom is -0.476 e. The van der Waals surface area contributed by atoms with Gasteiger partial charge in [0.15, 0.2) is 11.5 Å². The molecule has 0 aromatic carbocycles. The molecule has 3 heterocycles. The monoisotopic (exact) mass is 282 g/mol. The summed E-state index contributed by atoms with van der Waals surface area (Å²) in [5, 5.41) is 8.91. The van der Waals surface area contributed by atoms with Gasteiger partial charge in [0, 0.05) is 30.4 Å². The second-order valence-electron chi connectivity index (χ2n) is 4.25. The van der Waals surface area contributed by atoms with Crippen LogP contribution in [0.15, 0.2) is 37.2 Å². The Labute approximate surface area is 119 Å². The highest BCUT2D eigenvalue weighted by Crippen LogP contribution is 2.14. The van der Waals surface area contributed by atoms with E-state index < -0.39 is 5.97 Å². The van der Waals surface area contributed by atoms with Gasteiger partial charge in [-0.2, -0.15) is 0 Å². The van der Waals surface area contributed by atoms with Crippen molar-refractivity contribution in [3.8, 4) is 17.3 Å². The van der Waals surface area contributed by atoms with Crippen molar-refractivity contribution in [2.45, 2.75) is 6.92 Å². The van der Waals surface area contributed by atoms with Crippen molar-refractivity contribution >= 4 is 5.97 Å². The molecule has 0 aliphatic rings. The fourth-order valence-corrected chi connectivity index (χ4v) is 1.77. The van der Waals surface area contributed by atoms with Crippen LogP contribution in [0.5, 0.6) is 0 Å². The summed E-state index contributed by atoms with van der Waals surface area (Å²) in [5.74, 6) is -0.152. The fourth-order valence-electron chi connectivity index (χ4n) is 1.77. The highest BCUT2D eigenvalue weighted by molar-refractivity contribution is 5.85. The van der Waals surface area contributed by atoms with Crippen LogP contribution in [0.4, 0.5) is 0 Å². The molecule has 104 valence electrons. The summed E-state index contributed by atoms with van der Waals surface area (Å²) in [7, 11) is 0. The van der Waals surface area contributed by atoms with Crippen molar-refractivity contribution in [1.29, 1.82) is 0 Å². The van der Waals surface area contributed by atoms with Gasteiger partial charge in [-0.1, -0.05) is 0 Å². The zero-order valence-corrected chi connectivity index (χ0v) is 11.0. The molecule has 0 atom stereocenters. The van der Waals surface area contributed by atoms with E-state index in [-0.39, 0.29) is 5.69 Å². The molecule has 0 aliphatic heterocycles. The van der Waals surface area contributed by atoms with E-state index in [1.54, 1.807) is 24.7 Å². The van der Waals surface area contributed by atoms with Gasteiger partial charge >= 0.3 is 5.97 Å². The van der Waals surface area contributed by atoms with Gasteiger partial charge in [0.1, 0.15) is 17.8 Å². The average Bonchev–Trinajstić information content (AvgIpc) is 2.98. The average molecular weight is 282 g/mol. The lowest BCUT2D eigenvalue weighted by Crippen LogP contribution is -2.02. The van der Waals surface area contributed by atoms with E-state index in [0.717, 1.165) is 5.69 Å². The van der Waals surface area contributed by atoms with E-state index in [1.807, 2.05) is 6.92 Å². The standard InChI is InChI=1S/C13H10N6O2/c1-8-4-11(19-6-10(13(20)21)16-7-19)18-12(17-8)9-5-14-2-3-15-9/h2-7H,1H3,(H,20,21). The molecule has 0 radical (unpaired) electrons. The van der Waals surface area contributed by atoms with Crippen LogP contribution in [0.25, 0.3) is 17.3 Å². The molecule has 3 rings (SSSR count). The fraction of sp³-hybridized carbons (Fsp3) is 0.0769. The predicted octanol–water partition coefficient (Wildman–Crippen LogP) is 1.13. The molecule has 0 aliphatic carbocycles. The first kappa shape index (κ1) is 12.9. The molecule has 3 aromatic heterocycles. The van der Waals surface area contributed by atoms with Crippen LogP contribution in [-0.2, 0) is 0 Å². The number of carboxylic acid groups (broad SMARTS) is 1. The summed E-state index contributed by atoms with van der Waals surface area (Å²) in [6.07, 6.45) is 7.47. The first-order valence-electron chi connectivity index (χ1n) is 6.03. The Morgan fingerprint density at radius 3 is 2.76 bits per heavy atom. The van der Waals surface area contributed by atoms with E-state index in [0.29, 0.717) is 17.3 Å². The number of aryl methyl sites for hydroxylation is 1. The molecule has 3 aromatic rings. The predicted molar refractivity (Wildman–Crippen MR) is 71.9 cm³/mol. The maximum atomic E-state index is 10.9. The van der Waals surface area contributed by atoms with Crippen LogP contribution in [-0.4, -0.2) is 40.6 Å². The van der Waals surface area contributed by atoms with Crippen LogP contribution >= 0.6 is 0 Å². The first-order valence-corrected chi connectivity index (χ1v) is 6.03. The van der Waals surface area contributed by atoms with E-state index in [4.69, 9.17) is 5.11 Å². The SMILES string of the molecule is Cc1cc(-n2cnc(C(=O)O)c2)nc(-c2cnccn2)n1. The molecule has 0 bridgehead atoms. The lowest BCUT2D eigenvalue weighted by Gasteiger charge is -2.05. The number of hydrogen-bond donors (Lipinski definition) is 1. The van der Waals surface area contributed by atoms with Crippen molar-refractivity contribution in [3.05, 3.63) is 48.6 Å². The second-order valence-corrected chi connectivity index (χ2v) is 4.25. The molecular weight excluding hydrogens is 272 g/mol. The molecule has 0 spiro atoms. The molecule has 8 heteroatoms. The van der Waals surface area contributed by atoms with Crippen molar-refractivity contribution in [2.75, 3.05) is 0 Å². The summed E-state index contributed by atoms with van der Waals surface area (Å²) in [4.78, 5) is 31.5. The Kier molecular flexibility index (Phi) is 3.11. The Hall–Kier alpha value is -3.16. The van der Waals surface area contributed by atoms with E-state index >= 15 is 0 Å². The van der Waals surface area contributed by atoms with E-state index in [9.17, 15) is 4.79 Å². The number of nitrogens with zero attached hydrogens (tertiary/aromatic N) is 6. The minimum atomic E-state index is -1.09. The Bertz CT molecular complexity index is 799. The summed E-state index contributed by atoms with van der Waals surface area (Å²) in [6, 6.07) is 1.73. The van der Waals surface area contributed by atoms with Gasteiger partial charge in [0.05, 0.1) is 6.20 Å². The number of rotatable bonds is 3. The molecule has 21 heavy (non-hydrogen) atoms. The van der Waals surface area contributed by atoms with Gasteiger partial charge in [0.25, 0.3) is 0 Å². The quantitative estimate of drug-likeness (QED) is 0.767. The maximum absolute atomic E-state index is 10.9. The molecule has 0 saturated heterocycles. The Morgan fingerprint density at radius 2 is 2.10 bits per heavy atom. The number of carbonyl (C=O) groups is 1. The van der Waals surface area contributed by atoms with Gasteiger partial charge in [-0.3, -0.25) is 9.55 Å². The number of carboxylic acids is 1. The van der Waals surface area contributed by atoms with E-state index in [1.165, 1.54) is 17.1 Å². The van der Waals surface area contributed by atoms with Gasteiger partial charge in [0.2, 0.25) is 0 Å². The van der Waals surface area contributed by atoms with Crippen LogP contribution in [0.2, 0.25) is 0 Å². The topological polar surface area (TPSA) is 107 Å². The van der Waals surface area contributed by atoms with Gasteiger partial charge in [-0.05, 0) is 6.92 Å². The van der Waals surface area contributed by atoms with Crippen LogP contribution in [0.1, 0.15) is 16.2 Å². The zero-order chi connectivity index (χ0) is 14.8. The van der Waals surface area contributed by atoms with Crippen molar-refractivity contribution < 1.29 is 9.90 Å². The summed E-state index contributed by atoms with van der Waals surface area (Å²) in [6.45, 7) is 1.82. The molecule has 0 saturated carbocycles. The summed E-state index contributed by atoms with van der Waals surface area (Å²) >= 11 is 0. The van der Waals surface area contributed by atoms with Crippen LogP contribution in [0, 0.1) is 6.92 Å². The van der Waals surface area contributed by atoms with Crippen molar-refractivity contribution in [2.24, 2.45) is 0 Å². The summed E-state index contributed by atoms with van der Waals surface area (Å²) in [5.41, 5.74) is 1.22. The van der Waals surface area contributed by atoms with Gasteiger partial charge in [-0.15, -0.1) is 0 Å². The number of aromatic nitrogens is 6. The summed E-state index contributed by atoms with van der Waals surface area (Å²) < 4.78 is 1.53. The largest absolute Gasteiger partial charge is 0.476 e. The Balaban J connectivity index is 2.07. The van der Waals surface area contributed by atoms with Gasteiger partial charge < -0.3 is 5.11 Å². The number of aromatic carboxylic acids is 1. The Morgan fingerprint density at radius 1 is 1.24 bits per heavy atom. The molecule has 0 fully saturated rings. The van der Waals surface area contributed by atoms with Crippen molar-refractivity contribution in [1.82, 2.24) is 29.5 Å². The highest BCUT2D eigenvalue weighted by Gasteiger charge is 2.11. The molecule has 0 amide bonds. The smallest absolute Gasteiger partial charge is 0.356 e. The molecule has 0 unspecified atom stereocenters. The molecular formula is C13H10N6O2. The lowest BCUT2D eigenvalue weighted by molar-refractivity contribution is 0.0691. The zero-order valence-electron chi connectivity index (χ0n) is 11.0. The normalized spacial score (nSPS) is 10.5. The maximum Gasteiger partial charge on any atom is 0.356 e. The second kappa shape index (κ2) is 5.08. The third kappa shape index (κ3) is 2.59. The van der Waals surface area contributed by atoms with Crippen LogP contribution < -0.4 is 0 Å².